The highest BCUT2D eigenvalue weighted by atomic mass is 32.2. The first-order valence-corrected chi connectivity index (χ1v) is 7.32. The minimum absolute atomic E-state index is 0.184. The van der Waals surface area contributed by atoms with Gasteiger partial charge in [-0.05, 0) is 44.0 Å². The van der Waals surface area contributed by atoms with Crippen LogP contribution in [0.25, 0.3) is 10.9 Å². The van der Waals surface area contributed by atoms with Gasteiger partial charge in [0, 0.05) is 5.39 Å². The number of nitrogen functional groups attached to an aromatic ring is 1. The Morgan fingerprint density at radius 3 is 2.70 bits per heavy atom. The van der Waals surface area contributed by atoms with Crippen molar-refractivity contribution in [2.24, 2.45) is 0 Å². The van der Waals surface area contributed by atoms with Gasteiger partial charge in [-0.1, -0.05) is 11.8 Å². The van der Waals surface area contributed by atoms with E-state index in [-0.39, 0.29) is 11.7 Å². The lowest BCUT2D eigenvalue weighted by molar-refractivity contribution is -0.139. The van der Waals surface area contributed by atoms with E-state index in [2.05, 4.69) is 9.97 Å². The van der Waals surface area contributed by atoms with Crippen LogP contribution in [0.15, 0.2) is 17.3 Å². The zero-order valence-corrected chi connectivity index (χ0v) is 12.6. The van der Waals surface area contributed by atoms with E-state index in [1.165, 1.54) is 11.8 Å². The molecule has 0 spiro atoms. The summed E-state index contributed by atoms with van der Waals surface area (Å²) in [4.78, 5) is 20.0. The molecular weight excluding hydrogens is 274 g/mol. The molecule has 2 rings (SSSR count). The number of hydrogen-bond donors (Lipinski definition) is 1. The van der Waals surface area contributed by atoms with Crippen LogP contribution in [0, 0.1) is 13.8 Å². The van der Waals surface area contributed by atoms with Crippen LogP contribution in [0.3, 0.4) is 0 Å². The number of esters is 1. The van der Waals surface area contributed by atoms with Crippen LogP contribution in [0.2, 0.25) is 0 Å². The van der Waals surface area contributed by atoms with Crippen molar-refractivity contribution in [1.29, 1.82) is 0 Å². The quantitative estimate of drug-likeness (QED) is 0.530. The average molecular weight is 291 g/mol. The largest absolute Gasteiger partial charge is 0.465 e. The molecule has 1 aromatic heterocycles. The molecule has 0 saturated carbocycles. The van der Waals surface area contributed by atoms with Gasteiger partial charge < -0.3 is 10.5 Å². The first-order chi connectivity index (χ1) is 9.51. The van der Waals surface area contributed by atoms with Gasteiger partial charge in [0.15, 0.2) is 5.16 Å². The zero-order chi connectivity index (χ0) is 14.7. The number of anilines is 1. The van der Waals surface area contributed by atoms with E-state index >= 15 is 0 Å². The summed E-state index contributed by atoms with van der Waals surface area (Å²) >= 11 is 1.23. The van der Waals surface area contributed by atoms with Crippen LogP contribution in [-0.4, -0.2) is 28.3 Å². The predicted octanol–water partition coefficient (Wildman–Crippen LogP) is 2.48. The van der Waals surface area contributed by atoms with Crippen LogP contribution in [0.4, 0.5) is 5.82 Å². The third-order valence-corrected chi connectivity index (χ3v) is 3.77. The number of aromatic nitrogens is 2. The Kier molecular flexibility index (Phi) is 4.44. The number of carbonyl (C=O) groups is 1. The maximum absolute atomic E-state index is 11.3. The maximum Gasteiger partial charge on any atom is 0.316 e. The van der Waals surface area contributed by atoms with E-state index in [1.807, 2.05) is 26.0 Å². The van der Waals surface area contributed by atoms with Gasteiger partial charge in [0.05, 0.1) is 17.9 Å². The molecule has 6 heteroatoms. The van der Waals surface area contributed by atoms with Gasteiger partial charge in [0.2, 0.25) is 0 Å². The summed E-state index contributed by atoms with van der Waals surface area (Å²) < 4.78 is 4.87. The number of thioether (sulfide) groups is 1. The summed E-state index contributed by atoms with van der Waals surface area (Å²) in [5.74, 6) is 0.341. The smallest absolute Gasteiger partial charge is 0.316 e. The molecule has 0 aliphatic rings. The normalized spacial score (nSPS) is 10.8. The molecule has 0 aliphatic heterocycles. The fraction of sp³-hybridized carbons (Fsp3) is 0.357. The SMILES string of the molecule is CCOC(=O)CSc1nc(N)c2cc(C)c(C)cc2n1. The second kappa shape index (κ2) is 6.09. The second-order valence-corrected chi connectivity index (χ2v) is 5.38. The number of benzene rings is 1. The van der Waals surface area contributed by atoms with Crippen LogP contribution >= 0.6 is 11.8 Å². The lowest BCUT2D eigenvalue weighted by Gasteiger charge is -2.07. The van der Waals surface area contributed by atoms with Crippen LogP contribution in [0.5, 0.6) is 0 Å². The summed E-state index contributed by atoms with van der Waals surface area (Å²) in [6, 6.07) is 3.97. The van der Waals surface area contributed by atoms with Crippen LogP contribution in [-0.2, 0) is 9.53 Å². The minimum Gasteiger partial charge on any atom is -0.465 e. The molecule has 2 aromatic rings. The fourth-order valence-corrected chi connectivity index (χ4v) is 2.44. The Hall–Kier alpha value is -1.82. The van der Waals surface area contributed by atoms with Gasteiger partial charge >= 0.3 is 5.97 Å². The van der Waals surface area contributed by atoms with Crippen molar-refractivity contribution in [1.82, 2.24) is 9.97 Å². The Morgan fingerprint density at radius 2 is 2.00 bits per heavy atom. The van der Waals surface area contributed by atoms with E-state index in [1.54, 1.807) is 6.92 Å². The number of hydrogen-bond acceptors (Lipinski definition) is 6. The van der Waals surface area contributed by atoms with Gasteiger partial charge in [-0.15, -0.1) is 0 Å². The van der Waals surface area contributed by atoms with Crippen molar-refractivity contribution in [2.45, 2.75) is 25.9 Å². The molecule has 0 unspecified atom stereocenters. The van der Waals surface area contributed by atoms with Gasteiger partial charge in [0.25, 0.3) is 0 Å². The van der Waals surface area contributed by atoms with E-state index < -0.39 is 0 Å². The number of aryl methyl sites for hydroxylation is 2. The third kappa shape index (κ3) is 3.19. The molecule has 0 fully saturated rings. The first-order valence-electron chi connectivity index (χ1n) is 6.34. The van der Waals surface area contributed by atoms with Crippen molar-refractivity contribution in [3.63, 3.8) is 0 Å². The molecule has 2 N–H and O–H groups in total. The van der Waals surface area contributed by atoms with Crippen molar-refractivity contribution >= 4 is 34.5 Å². The Morgan fingerprint density at radius 1 is 1.30 bits per heavy atom. The van der Waals surface area contributed by atoms with Crippen molar-refractivity contribution in [3.8, 4) is 0 Å². The highest BCUT2D eigenvalue weighted by Gasteiger charge is 2.10. The molecule has 0 aliphatic carbocycles. The molecule has 0 atom stereocenters. The number of ether oxygens (including phenoxy) is 1. The maximum atomic E-state index is 11.3. The number of carbonyl (C=O) groups excluding carboxylic acids is 1. The summed E-state index contributed by atoms with van der Waals surface area (Å²) in [5, 5.41) is 1.33. The van der Waals surface area contributed by atoms with Crippen molar-refractivity contribution in [2.75, 3.05) is 18.1 Å². The lowest BCUT2D eigenvalue weighted by Crippen LogP contribution is -2.07. The monoisotopic (exact) mass is 291 g/mol. The molecule has 106 valence electrons. The predicted molar refractivity (Wildman–Crippen MR) is 80.8 cm³/mol. The third-order valence-electron chi connectivity index (χ3n) is 2.94. The molecular formula is C14H17N3O2S. The topological polar surface area (TPSA) is 78.1 Å². The number of nitrogens with zero attached hydrogens (tertiary/aromatic N) is 2. The Bertz CT molecular complexity index is 658. The molecule has 1 heterocycles. The van der Waals surface area contributed by atoms with E-state index in [0.29, 0.717) is 17.6 Å². The molecule has 0 radical (unpaired) electrons. The number of fused-ring (bicyclic) bond motifs is 1. The highest BCUT2D eigenvalue weighted by molar-refractivity contribution is 7.99. The van der Waals surface area contributed by atoms with Gasteiger partial charge in [0.1, 0.15) is 5.82 Å². The summed E-state index contributed by atoms with van der Waals surface area (Å²) in [5.41, 5.74) is 9.06. The number of nitrogens with two attached hydrogens (primary N) is 1. The molecule has 5 nitrogen and oxygen atoms in total. The molecule has 20 heavy (non-hydrogen) atoms. The molecule has 1 aromatic carbocycles. The van der Waals surface area contributed by atoms with E-state index in [9.17, 15) is 4.79 Å². The molecule has 0 amide bonds. The van der Waals surface area contributed by atoms with E-state index in [0.717, 1.165) is 22.0 Å². The summed E-state index contributed by atoms with van der Waals surface area (Å²) in [6.07, 6.45) is 0. The van der Waals surface area contributed by atoms with Gasteiger partial charge in [-0.25, -0.2) is 9.97 Å². The standard InChI is InChI=1S/C14H17N3O2S/c1-4-19-12(18)7-20-14-16-11-6-9(3)8(2)5-10(11)13(15)17-14/h5-6H,4,7H2,1-3H3,(H2,15,16,17). The Balaban J connectivity index is 2.28. The van der Waals surface area contributed by atoms with E-state index in [4.69, 9.17) is 10.5 Å². The average Bonchev–Trinajstić information content (AvgIpc) is 2.39. The first kappa shape index (κ1) is 14.6. The second-order valence-electron chi connectivity index (χ2n) is 4.44. The number of rotatable bonds is 4. The van der Waals surface area contributed by atoms with Crippen molar-refractivity contribution in [3.05, 3.63) is 23.3 Å². The molecule has 0 bridgehead atoms. The summed E-state index contributed by atoms with van der Waals surface area (Å²) in [7, 11) is 0. The summed E-state index contributed by atoms with van der Waals surface area (Å²) in [6.45, 7) is 6.20. The lowest BCUT2D eigenvalue weighted by atomic mass is 10.1. The Labute approximate surface area is 121 Å². The van der Waals surface area contributed by atoms with Crippen LogP contribution in [0.1, 0.15) is 18.1 Å². The minimum atomic E-state index is -0.278. The van der Waals surface area contributed by atoms with Crippen LogP contribution < -0.4 is 5.73 Å². The molecule has 0 saturated heterocycles. The fourth-order valence-electron chi connectivity index (χ4n) is 1.78. The van der Waals surface area contributed by atoms with Crippen molar-refractivity contribution < 1.29 is 9.53 Å². The highest BCUT2D eigenvalue weighted by Crippen LogP contribution is 2.25. The zero-order valence-electron chi connectivity index (χ0n) is 11.8. The van der Waals surface area contributed by atoms with Gasteiger partial charge in [-0.3, -0.25) is 4.79 Å². The van der Waals surface area contributed by atoms with Gasteiger partial charge in [-0.2, -0.15) is 0 Å².